The third-order valence-corrected chi connectivity index (χ3v) is 5.13. The molecule has 0 aliphatic rings. The van der Waals surface area contributed by atoms with Gasteiger partial charge in [0, 0.05) is 28.6 Å². The van der Waals surface area contributed by atoms with E-state index >= 15 is 0 Å². The van der Waals surface area contributed by atoms with Gasteiger partial charge in [-0.25, -0.2) is 8.42 Å². The normalized spacial score (nSPS) is 11.5. The highest BCUT2D eigenvalue weighted by atomic mass is 35.5. The lowest BCUT2D eigenvalue weighted by Gasteiger charge is -2.04. The maximum absolute atomic E-state index is 11.7. The molecule has 0 aromatic heterocycles. The lowest BCUT2D eigenvalue weighted by molar-refractivity contribution is -0.118. The summed E-state index contributed by atoms with van der Waals surface area (Å²) in [5.41, 5.74) is 0.717. The van der Waals surface area contributed by atoms with Crippen molar-refractivity contribution in [2.45, 2.75) is 26.2 Å². The summed E-state index contributed by atoms with van der Waals surface area (Å²) in [6.07, 6.45) is 0.820. The highest BCUT2D eigenvalue weighted by Gasteiger charge is 2.11. The van der Waals surface area contributed by atoms with E-state index in [-0.39, 0.29) is 30.1 Å². The van der Waals surface area contributed by atoms with Crippen LogP contribution in [0.15, 0.2) is 18.2 Å². The molecule has 0 saturated carbocycles. The molecule has 0 saturated heterocycles. The number of halogens is 2. The standard InChI is InChI=1S/C13H16Cl2O3S/c1-2-19(17,18)7-3-4-12(16)8-10-5-6-11(14)9-13(10)15/h5-6,9H,2-4,7-8H2,1H3. The molecular formula is C13H16Cl2O3S. The van der Waals surface area contributed by atoms with Crippen molar-refractivity contribution in [3.05, 3.63) is 33.8 Å². The number of carbonyl (C=O) groups excluding carboxylic acids is 1. The predicted octanol–water partition coefficient (Wildman–Crippen LogP) is 3.32. The molecule has 0 heterocycles. The molecule has 106 valence electrons. The molecule has 19 heavy (non-hydrogen) atoms. The molecule has 0 N–H and O–H groups in total. The molecule has 1 aromatic carbocycles. The zero-order valence-electron chi connectivity index (χ0n) is 10.7. The van der Waals surface area contributed by atoms with Crippen molar-refractivity contribution in [3.8, 4) is 0 Å². The molecule has 1 aromatic rings. The largest absolute Gasteiger partial charge is 0.299 e. The van der Waals surface area contributed by atoms with Crippen LogP contribution in [0.2, 0.25) is 10.0 Å². The van der Waals surface area contributed by atoms with Crippen LogP contribution in [-0.2, 0) is 21.1 Å². The molecule has 0 atom stereocenters. The molecule has 0 amide bonds. The molecule has 0 aliphatic carbocycles. The summed E-state index contributed by atoms with van der Waals surface area (Å²) in [5, 5.41) is 0.984. The first-order chi connectivity index (χ1) is 8.84. The predicted molar refractivity (Wildman–Crippen MR) is 78.7 cm³/mol. The van der Waals surface area contributed by atoms with E-state index in [1.807, 2.05) is 0 Å². The molecule has 0 radical (unpaired) electrons. The molecule has 0 fully saturated rings. The van der Waals surface area contributed by atoms with Gasteiger partial charge in [0.05, 0.1) is 5.75 Å². The van der Waals surface area contributed by atoms with E-state index < -0.39 is 9.84 Å². The number of hydrogen-bond acceptors (Lipinski definition) is 3. The van der Waals surface area contributed by atoms with Crippen molar-refractivity contribution >= 4 is 38.8 Å². The van der Waals surface area contributed by atoms with E-state index in [0.717, 1.165) is 5.56 Å². The van der Waals surface area contributed by atoms with Gasteiger partial charge in [-0.05, 0) is 24.1 Å². The van der Waals surface area contributed by atoms with Crippen LogP contribution < -0.4 is 0 Å². The van der Waals surface area contributed by atoms with E-state index in [2.05, 4.69) is 0 Å². The van der Waals surface area contributed by atoms with Crippen LogP contribution in [0.25, 0.3) is 0 Å². The number of benzene rings is 1. The lowest BCUT2D eigenvalue weighted by atomic mass is 10.1. The van der Waals surface area contributed by atoms with Gasteiger partial charge < -0.3 is 0 Å². The van der Waals surface area contributed by atoms with Crippen LogP contribution in [-0.4, -0.2) is 25.7 Å². The van der Waals surface area contributed by atoms with Crippen molar-refractivity contribution in [2.75, 3.05) is 11.5 Å². The molecular weight excluding hydrogens is 307 g/mol. The molecule has 0 aliphatic heterocycles. The Bertz CT molecular complexity index is 553. The lowest BCUT2D eigenvalue weighted by Crippen LogP contribution is -2.11. The zero-order chi connectivity index (χ0) is 14.5. The van der Waals surface area contributed by atoms with Crippen molar-refractivity contribution in [3.63, 3.8) is 0 Å². The highest BCUT2D eigenvalue weighted by molar-refractivity contribution is 7.91. The minimum atomic E-state index is -3.00. The monoisotopic (exact) mass is 322 g/mol. The summed E-state index contributed by atoms with van der Waals surface area (Å²) < 4.78 is 22.6. The Morgan fingerprint density at radius 2 is 1.95 bits per heavy atom. The van der Waals surface area contributed by atoms with Crippen molar-refractivity contribution < 1.29 is 13.2 Å². The van der Waals surface area contributed by atoms with Crippen molar-refractivity contribution in [1.29, 1.82) is 0 Å². The van der Waals surface area contributed by atoms with Crippen molar-refractivity contribution in [1.82, 2.24) is 0 Å². The fraction of sp³-hybridized carbons (Fsp3) is 0.462. The fourth-order valence-corrected chi connectivity index (χ4v) is 2.95. The van der Waals surface area contributed by atoms with E-state index in [0.29, 0.717) is 16.5 Å². The first kappa shape index (κ1) is 16.5. The highest BCUT2D eigenvalue weighted by Crippen LogP contribution is 2.21. The average molecular weight is 323 g/mol. The Morgan fingerprint density at radius 1 is 1.26 bits per heavy atom. The second-order valence-corrected chi connectivity index (χ2v) is 7.61. The second kappa shape index (κ2) is 7.27. The van der Waals surface area contributed by atoms with Gasteiger partial charge in [0.1, 0.15) is 15.6 Å². The summed E-state index contributed by atoms with van der Waals surface area (Å²) in [4.78, 5) is 11.7. The third-order valence-electron chi connectivity index (χ3n) is 2.75. The fourth-order valence-electron chi connectivity index (χ4n) is 1.60. The number of carbonyl (C=O) groups is 1. The Morgan fingerprint density at radius 3 is 2.53 bits per heavy atom. The van der Waals surface area contributed by atoms with Crippen LogP contribution in [0.3, 0.4) is 0 Å². The van der Waals surface area contributed by atoms with E-state index in [9.17, 15) is 13.2 Å². The first-order valence-corrected chi connectivity index (χ1v) is 8.58. The van der Waals surface area contributed by atoms with Gasteiger partial charge in [-0.1, -0.05) is 36.2 Å². The topological polar surface area (TPSA) is 51.2 Å². The SMILES string of the molecule is CCS(=O)(=O)CCCC(=O)Cc1ccc(Cl)cc1Cl. The summed E-state index contributed by atoms with van der Waals surface area (Å²) >= 11 is 11.7. The molecule has 0 unspecified atom stereocenters. The number of ketones is 1. The molecule has 0 bridgehead atoms. The molecule has 6 heteroatoms. The van der Waals surface area contributed by atoms with Crippen LogP contribution in [0.4, 0.5) is 0 Å². The summed E-state index contributed by atoms with van der Waals surface area (Å²) in [5.74, 6) is 0.156. The van der Waals surface area contributed by atoms with Gasteiger partial charge in [-0.15, -0.1) is 0 Å². The van der Waals surface area contributed by atoms with Crippen LogP contribution in [0.5, 0.6) is 0 Å². The number of sulfone groups is 1. The minimum Gasteiger partial charge on any atom is -0.299 e. The smallest absolute Gasteiger partial charge is 0.150 e. The Labute approximate surface area is 123 Å². The van der Waals surface area contributed by atoms with E-state index in [4.69, 9.17) is 23.2 Å². The van der Waals surface area contributed by atoms with Crippen LogP contribution in [0, 0.1) is 0 Å². The van der Waals surface area contributed by atoms with Crippen molar-refractivity contribution in [2.24, 2.45) is 0 Å². The van der Waals surface area contributed by atoms with E-state index in [1.54, 1.807) is 25.1 Å². The number of rotatable bonds is 7. The summed E-state index contributed by atoms with van der Waals surface area (Å²) in [6.45, 7) is 1.60. The van der Waals surface area contributed by atoms with Crippen LogP contribution in [0.1, 0.15) is 25.3 Å². The Kier molecular flexibility index (Phi) is 6.30. The number of Topliss-reactive ketones (excluding diaryl/α,β-unsaturated/α-hetero) is 1. The molecule has 0 spiro atoms. The van der Waals surface area contributed by atoms with E-state index in [1.165, 1.54) is 0 Å². The quantitative estimate of drug-likeness (QED) is 0.773. The Hall–Kier alpha value is -0.580. The van der Waals surface area contributed by atoms with Gasteiger partial charge in [-0.2, -0.15) is 0 Å². The first-order valence-electron chi connectivity index (χ1n) is 6.00. The van der Waals surface area contributed by atoms with Gasteiger partial charge in [-0.3, -0.25) is 4.79 Å². The number of hydrogen-bond donors (Lipinski definition) is 0. The maximum atomic E-state index is 11.7. The zero-order valence-corrected chi connectivity index (χ0v) is 13.0. The van der Waals surface area contributed by atoms with Gasteiger partial charge in [0.25, 0.3) is 0 Å². The average Bonchev–Trinajstić information content (AvgIpc) is 2.32. The van der Waals surface area contributed by atoms with Crippen LogP contribution >= 0.6 is 23.2 Å². The second-order valence-electron chi connectivity index (χ2n) is 4.29. The van der Waals surface area contributed by atoms with Gasteiger partial charge in [0.15, 0.2) is 0 Å². The van der Waals surface area contributed by atoms with Gasteiger partial charge in [0.2, 0.25) is 0 Å². The summed E-state index contributed by atoms with van der Waals surface area (Å²) in [7, 11) is -3.00. The maximum Gasteiger partial charge on any atom is 0.150 e. The molecule has 3 nitrogen and oxygen atoms in total. The minimum absolute atomic E-state index is 0.0180. The Balaban J connectivity index is 2.48. The molecule has 1 rings (SSSR count). The third kappa shape index (κ3) is 5.93. The van der Waals surface area contributed by atoms with Gasteiger partial charge >= 0.3 is 0 Å². The summed E-state index contributed by atoms with van der Waals surface area (Å²) in [6, 6.07) is 4.98.